The van der Waals surface area contributed by atoms with Crippen molar-refractivity contribution in [2.45, 2.75) is 25.4 Å². The van der Waals surface area contributed by atoms with Crippen molar-refractivity contribution in [3.8, 4) is 17.2 Å². The maximum absolute atomic E-state index is 5.54. The monoisotopic (exact) mass is 340 g/mol. The lowest BCUT2D eigenvalue weighted by atomic mass is 10.0. The molecule has 5 heteroatoms. The molecule has 1 atom stereocenters. The molecule has 25 heavy (non-hydrogen) atoms. The molecule has 1 saturated heterocycles. The Kier molecular flexibility index (Phi) is 4.65. The van der Waals surface area contributed by atoms with Gasteiger partial charge in [0.2, 0.25) is 12.5 Å². The summed E-state index contributed by atoms with van der Waals surface area (Å²) in [4.78, 5) is 2.49. The summed E-state index contributed by atoms with van der Waals surface area (Å²) in [6, 6.07) is 15.0. The van der Waals surface area contributed by atoms with Crippen molar-refractivity contribution >= 4 is 5.69 Å². The summed E-state index contributed by atoms with van der Waals surface area (Å²) in [5.74, 6) is 2.25. The van der Waals surface area contributed by atoms with E-state index in [1.54, 1.807) is 7.11 Å². The van der Waals surface area contributed by atoms with Crippen LogP contribution in [-0.2, 0) is 6.54 Å². The van der Waals surface area contributed by atoms with Crippen LogP contribution in [0, 0.1) is 0 Å². The van der Waals surface area contributed by atoms with Crippen molar-refractivity contribution in [1.82, 2.24) is 4.90 Å². The van der Waals surface area contributed by atoms with Gasteiger partial charge >= 0.3 is 0 Å². The number of para-hydroxylation sites is 1. The van der Waals surface area contributed by atoms with E-state index in [1.165, 1.54) is 24.1 Å². The van der Waals surface area contributed by atoms with Gasteiger partial charge in [-0.25, -0.2) is 0 Å². The summed E-state index contributed by atoms with van der Waals surface area (Å²) < 4.78 is 16.5. The lowest BCUT2D eigenvalue weighted by Gasteiger charge is -2.33. The smallest absolute Gasteiger partial charge is 0.231 e. The fourth-order valence-corrected chi connectivity index (χ4v) is 3.62. The van der Waals surface area contributed by atoms with Gasteiger partial charge in [-0.3, -0.25) is 4.90 Å². The second-order valence-electron chi connectivity index (χ2n) is 6.62. The van der Waals surface area contributed by atoms with Crippen LogP contribution in [0.2, 0.25) is 0 Å². The maximum Gasteiger partial charge on any atom is 0.231 e. The van der Waals surface area contributed by atoms with Gasteiger partial charge in [0.05, 0.1) is 7.11 Å². The Hall–Kier alpha value is -2.40. The predicted octanol–water partition coefficient (Wildman–Crippen LogP) is 3.50. The number of likely N-dealkylation sites (tertiary alicyclic amines) is 1. The van der Waals surface area contributed by atoms with E-state index in [0.717, 1.165) is 31.1 Å². The number of methoxy groups -OCH3 is 1. The second kappa shape index (κ2) is 7.23. The summed E-state index contributed by atoms with van der Waals surface area (Å²) in [6.07, 6.45) is 2.40. The van der Waals surface area contributed by atoms with Crippen LogP contribution < -0.4 is 19.5 Å². The first kappa shape index (κ1) is 16.1. The van der Waals surface area contributed by atoms with E-state index in [-0.39, 0.29) is 6.79 Å². The number of hydrogen-bond donors (Lipinski definition) is 1. The van der Waals surface area contributed by atoms with Crippen molar-refractivity contribution in [3.05, 3.63) is 48.0 Å². The highest BCUT2D eigenvalue weighted by atomic mass is 16.7. The molecule has 0 unspecified atom stereocenters. The lowest BCUT2D eigenvalue weighted by Crippen LogP contribution is -2.41. The molecule has 2 aromatic carbocycles. The molecule has 0 radical (unpaired) electrons. The third kappa shape index (κ3) is 3.66. The van der Waals surface area contributed by atoms with Gasteiger partial charge in [0, 0.05) is 24.8 Å². The van der Waals surface area contributed by atoms with E-state index in [1.807, 2.05) is 6.07 Å². The average Bonchev–Trinajstić information content (AvgIpc) is 3.11. The molecule has 132 valence electrons. The Morgan fingerprint density at radius 1 is 1.20 bits per heavy atom. The molecule has 0 aromatic heterocycles. The number of hydrogen-bond acceptors (Lipinski definition) is 5. The Balaban J connectivity index is 1.42. The first-order chi connectivity index (χ1) is 12.3. The summed E-state index contributed by atoms with van der Waals surface area (Å²) in [7, 11) is 1.67. The van der Waals surface area contributed by atoms with Crippen LogP contribution in [0.15, 0.2) is 42.5 Å². The first-order valence-electron chi connectivity index (χ1n) is 8.82. The summed E-state index contributed by atoms with van der Waals surface area (Å²) in [5, 5.41) is 3.65. The molecule has 1 N–H and O–H groups in total. The van der Waals surface area contributed by atoms with Gasteiger partial charge in [-0.2, -0.15) is 0 Å². The number of fused-ring (bicyclic) bond motifs is 1. The molecule has 0 spiro atoms. The molecule has 0 bridgehead atoms. The number of benzene rings is 2. The molecular formula is C20H24N2O3. The SMILES string of the molecule is COc1cc(CN2CCC[C@H](Nc3ccccc3)C2)cc2c1OCO2. The maximum atomic E-state index is 5.54. The zero-order valence-corrected chi connectivity index (χ0v) is 14.5. The van der Waals surface area contributed by atoms with Crippen LogP contribution in [0.5, 0.6) is 17.2 Å². The third-order valence-corrected chi connectivity index (χ3v) is 4.77. The number of rotatable bonds is 5. The zero-order chi connectivity index (χ0) is 17.1. The molecule has 2 aliphatic rings. The minimum Gasteiger partial charge on any atom is -0.493 e. The minimum atomic E-state index is 0.266. The third-order valence-electron chi connectivity index (χ3n) is 4.77. The van der Waals surface area contributed by atoms with Crippen LogP contribution in [0.1, 0.15) is 18.4 Å². The van der Waals surface area contributed by atoms with Gasteiger partial charge in [0.1, 0.15) is 0 Å². The number of piperidine rings is 1. The molecule has 4 rings (SSSR count). The van der Waals surface area contributed by atoms with Gasteiger partial charge in [-0.15, -0.1) is 0 Å². The largest absolute Gasteiger partial charge is 0.493 e. The van der Waals surface area contributed by atoms with Crippen molar-refractivity contribution in [1.29, 1.82) is 0 Å². The van der Waals surface area contributed by atoms with Crippen LogP contribution in [0.4, 0.5) is 5.69 Å². The fraction of sp³-hybridized carbons (Fsp3) is 0.400. The quantitative estimate of drug-likeness (QED) is 0.902. The van der Waals surface area contributed by atoms with Gasteiger partial charge in [-0.1, -0.05) is 18.2 Å². The number of nitrogens with zero attached hydrogens (tertiary/aromatic N) is 1. The van der Waals surface area contributed by atoms with Gasteiger partial charge < -0.3 is 19.5 Å². The molecule has 1 fully saturated rings. The minimum absolute atomic E-state index is 0.266. The Bertz CT molecular complexity index is 720. The van der Waals surface area contributed by atoms with Gasteiger partial charge in [0.15, 0.2) is 11.5 Å². The van der Waals surface area contributed by atoms with E-state index >= 15 is 0 Å². The van der Waals surface area contributed by atoms with E-state index < -0.39 is 0 Å². The summed E-state index contributed by atoms with van der Waals surface area (Å²) >= 11 is 0. The summed E-state index contributed by atoms with van der Waals surface area (Å²) in [5.41, 5.74) is 2.39. The van der Waals surface area contributed by atoms with Crippen molar-refractivity contribution < 1.29 is 14.2 Å². The number of ether oxygens (including phenoxy) is 3. The second-order valence-corrected chi connectivity index (χ2v) is 6.62. The molecular weight excluding hydrogens is 316 g/mol. The van der Waals surface area contributed by atoms with Crippen LogP contribution in [0.3, 0.4) is 0 Å². The topological polar surface area (TPSA) is 43.0 Å². The van der Waals surface area contributed by atoms with E-state index in [4.69, 9.17) is 14.2 Å². The zero-order valence-electron chi connectivity index (χ0n) is 14.5. The number of nitrogens with one attached hydrogen (secondary N) is 1. The van der Waals surface area contributed by atoms with E-state index in [2.05, 4.69) is 46.6 Å². The van der Waals surface area contributed by atoms with Gasteiger partial charge in [0.25, 0.3) is 0 Å². The fourth-order valence-electron chi connectivity index (χ4n) is 3.62. The van der Waals surface area contributed by atoms with Crippen LogP contribution in [0.25, 0.3) is 0 Å². The first-order valence-corrected chi connectivity index (χ1v) is 8.82. The van der Waals surface area contributed by atoms with Crippen molar-refractivity contribution in [2.24, 2.45) is 0 Å². The highest BCUT2D eigenvalue weighted by molar-refractivity contribution is 5.55. The average molecular weight is 340 g/mol. The van der Waals surface area contributed by atoms with Crippen molar-refractivity contribution in [2.75, 3.05) is 32.3 Å². The van der Waals surface area contributed by atoms with Crippen LogP contribution >= 0.6 is 0 Å². The molecule has 2 aliphatic heterocycles. The van der Waals surface area contributed by atoms with Gasteiger partial charge in [-0.05, 0) is 49.2 Å². The molecule has 0 saturated carbocycles. The standard InChI is InChI=1S/C20H24N2O3/c1-23-18-10-15(11-19-20(18)25-14-24-19)12-22-9-5-8-17(13-22)21-16-6-3-2-4-7-16/h2-4,6-7,10-11,17,21H,5,8-9,12-14H2,1H3/t17-/m0/s1. The van der Waals surface area contributed by atoms with E-state index in [9.17, 15) is 0 Å². The normalized spacial score (nSPS) is 19.6. The molecule has 0 amide bonds. The molecule has 5 nitrogen and oxygen atoms in total. The number of anilines is 1. The Labute approximate surface area is 148 Å². The molecule has 2 aromatic rings. The highest BCUT2D eigenvalue weighted by Gasteiger charge is 2.23. The Morgan fingerprint density at radius 3 is 2.92 bits per heavy atom. The van der Waals surface area contributed by atoms with E-state index in [0.29, 0.717) is 11.8 Å². The lowest BCUT2D eigenvalue weighted by molar-refractivity contribution is 0.171. The summed E-state index contributed by atoms with van der Waals surface area (Å²) in [6.45, 7) is 3.30. The molecule has 2 heterocycles. The van der Waals surface area contributed by atoms with Crippen molar-refractivity contribution in [3.63, 3.8) is 0 Å². The Morgan fingerprint density at radius 2 is 2.08 bits per heavy atom. The van der Waals surface area contributed by atoms with Crippen LogP contribution in [-0.4, -0.2) is 37.9 Å². The highest BCUT2D eigenvalue weighted by Crippen LogP contribution is 2.42. The predicted molar refractivity (Wildman–Crippen MR) is 97.5 cm³/mol. The molecule has 0 aliphatic carbocycles.